The smallest absolute Gasteiger partial charge is 0.135 e. The monoisotopic (exact) mass is 665 g/mol. The summed E-state index contributed by atoms with van der Waals surface area (Å²) in [6, 6.07) is 75.3. The van der Waals surface area contributed by atoms with Gasteiger partial charge < -0.3 is 9.32 Å². The Hall–Kier alpha value is -6.90. The molecule has 9 aromatic rings. The SMILES string of the molecule is c1ccc(-c2ccc(N(c3ccc(-c4ccc(-c5cccc(-c6cc7ccccc7o6)c5)cc4)cc3)c3ccccc3-c3ccccc3)cc2)cc1. The summed E-state index contributed by atoms with van der Waals surface area (Å²) < 4.78 is 6.15. The van der Waals surface area contributed by atoms with Crippen LogP contribution in [-0.2, 0) is 0 Å². The summed E-state index contributed by atoms with van der Waals surface area (Å²) in [5, 5.41) is 1.11. The van der Waals surface area contributed by atoms with E-state index in [1.165, 1.54) is 38.9 Å². The van der Waals surface area contributed by atoms with Crippen molar-refractivity contribution >= 4 is 28.0 Å². The molecule has 0 aliphatic carbocycles. The highest BCUT2D eigenvalue weighted by Gasteiger charge is 2.17. The maximum Gasteiger partial charge on any atom is 0.135 e. The summed E-state index contributed by atoms with van der Waals surface area (Å²) in [5.41, 5.74) is 14.7. The van der Waals surface area contributed by atoms with Crippen LogP contribution in [0.4, 0.5) is 17.1 Å². The van der Waals surface area contributed by atoms with Crippen LogP contribution < -0.4 is 4.90 Å². The first-order valence-electron chi connectivity index (χ1n) is 17.7. The van der Waals surface area contributed by atoms with Crippen molar-refractivity contribution in [2.24, 2.45) is 0 Å². The second-order valence-corrected chi connectivity index (χ2v) is 13.0. The number of hydrogen-bond donors (Lipinski definition) is 0. The third-order valence-corrected chi connectivity index (χ3v) is 9.71. The van der Waals surface area contributed by atoms with Gasteiger partial charge in [0.05, 0.1) is 5.69 Å². The van der Waals surface area contributed by atoms with E-state index in [0.29, 0.717) is 0 Å². The van der Waals surface area contributed by atoms with Gasteiger partial charge in [-0.2, -0.15) is 0 Å². The van der Waals surface area contributed by atoms with Crippen LogP contribution in [0.25, 0.3) is 66.8 Å². The molecule has 52 heavy (non-hydrogen) atoms. The van der Waals surface area contributed by atoms with Crippen molar-refractivity contribution < 1.29 is 4.42 Å². The van der Waals surface area contributed by atoms with Crippen LogP contribution in [-0.4, -0.2) is 0 Å². The van der Waals surface area contributed by atoms with Gasteiger partial charge in [0, 0.05) is 27.9 Å². The first-order valence-corrected chi connectivity index (χ1v) is 17.7. The third-order valence-electron chi connectivity index (χ3n) is 9.71. The van der Waals surface area contributed by atoms with Crippen LogP contribution >= 0.6 is 0 Å². The molecular weight excluding hydrogens is 631 g/mol. The number of anilines is 3. The molecule has 1 aromatic heterocycles. The van der Waals surface area contributed by atoms with E-state index in [4.69, 9.17) is 4.42 Å². The highest BCUT2D eigenvalue weighted by Crippen LogP contribution is 2.42. The predicted molar refractivity (Wildman–Crippen MR) is 218 cm³/mol. The molecule has 0 radical (unpaired) electrons. The maximum absolute atomic E-state index is 6.15. The summed E-state index contributed by atoms with van der Waals surface area (Å²) in [4.78, 5) is 2.36. The Morgan fingerprint density at radius 2 is 0.769 bits per heavy atom. The number of hydrogen-bond acceptors (Lipinski definition) is 2. The summed E-state index contributed by atoms with van der Waals surface area (Å²) in [6.45, 7) is 0. The second kappa shape index (κ2) is 13.8. The summed E-state index contributed by atoms with van der Waals surface area (Å²) in [5.74, 6) is 0.882. The lowest BCUT2D eigenvalue weighted by molar-refractivity contribution is 0.631. The van der Waals surface area contributed by atoms with Crippen molar-refractivity contribution in [2.75, 3.05) is 4.90 Å². The average molecular weight is 666 g/mol. The van der Waals surface area contributed by atoms with E-state index in [0.717, 1.165) is 44.9 Å². The number of furan rings is 1. The van der Waals surface area contributed by atoms with Crippen molar-refractivity contribution in [3.8, 4) is 55.8 Å². The van der Waals surface area contributed by atoms with Crippen molar-refractivity contribution in [1.29, 1.82) is 0 Å². The van der Waals surface area contributed by atoms with Crippen molar-refractivity contribution in [1.82, 2.24) is 0 Å². The Morgan fingerprint density at radius 3 is 1.40 bits per heavy atom. The normalized spacial score (nSPS) is 11.1. The zero-order valence-corrected chi connectivity index (χ0v) is 28.6. The molecule has 0 amide bonds. The lowest BCUT2D eigenvalue weighted by Crippen LogP contribution is -2.11. The Labute approximate surface area is 304 Å². The second-order valence-electron chi connectivity index (χ2n) is 13.0. The van der Waals surface area contributed by atoms with Crippen molar-refractivity contribution in [3.63, 3.8) is 0 Å². The molecule has 246 valence electrons. The molecule has 2 nitrogen and oxygen atoms in total. The molecule has 0 aliphatic heterocycles. The van der Waals surface area contributed by atoms with Gasteiger partial charge in [-0.15, -0.1) is 0 Å². The summed E-state index contributed by atoms with van der Waals surface area (Å²) in [7, 11) is 0. The largest absolute Gasteiger partial charge is 0.456 e. The Bertz CT molecular complexity index is 2550. The zero-order chi connectivity index (χ0) is 34.7. The van der Waals surface area contributed by atoms with E-state index in [2.05, 4.69) is 199 Å². The fourth-order valence-corrected chi connectivity index (χ4v) is 7.03. The minimum absolute atomic E-state index is 0.882. The number of para-hydroxylation sites is 2. The highest BCUT2D eigenvalue weighted by molar-refractivity contribution is 5.89. The maximum atomic E-state index is 6.15. The lowest BCUT2D eigenvalue weighted by Gasteiger charge is -2.28. The number of benzene rings is 8. The first kappa shape index (κ1) is 31.1. The predicted octanol–water partition coefficient (Wildman–Crippen LogP) is 14.2. The van der Waals surface area contributed by atoms with Gasteiger partial charge in [0.1, 0.15) is 11.3 Å². The highest BCUT2D eigenvalue weighted by atomic mass is 16.3. The molecule has 0 aliphatic rings. The molecule has 0 saturated carbocycles. The molecule has 8 aromatic carbocycles. The summed E-state index contributed by atoms with van der Waals surface area (Å²) in [6.07, 6.45) is 0. The van der Waals surface area contributed by atoms with Gasteiger partial charge in [-0.1, -0.05) is 164 Å². The van der Waals surface area contributed by atoms with Gasteiger partial charge in [0.15, 0.2) is 0 Å². The van der Waals surface area contributed by atoms with E-state index in [1.807, 2.05) is 18.2 Å². The topological polar surface area (TPSA) is 16.4 Å². The van der Waals surface area contributed by atoms with E-state index in [9.17, 15) is 0 Å². The first-order chi connectivity index (χ1) is 25.8. The Morgan fingerprint density at radius 1 is 0.308 bits per heavy atom. The molecule has 9 rings (SSSR count). The molecule has 0 fully saturated rings. The van der Waals surface area contributed by atoms with Crippen LogP contribution in [0.2, 0.25) is 0 Å². The van der Waals surface area contributed by atoms with Crippen LogP contribution in [0.5, 0.6) is 0 Å². The number of rotatable bonds is 8. The number of nitrogens with zero attached hydrogens (tertiary/aromatic N) is 1. The van der Waals surface area contributed by atoms with Gasteiger partial charge >= 0.3 is 0 Å². The average Bonchev–Trinajstić information content (AvgIpc) is 3.67. The van der Waals surface area contributed by atoms with Gasteiger partial charge in [-0.25, -0.2) is 0 Å². The van der Waals surface area contributed by atoms with Crippen LogP contribution in [0.1, 0.15) is 0 Å². The van der Waals surface area contributed by atoms with E-state index in [-0.39, 0.29) is 0 Å². The van der Waals surface area contributed by atoms with Gasteiger partial charge in [0.2, 0.25) is 0 Å². The molecule has 0 atom stereocenters. The van der Waals surface area contributed by atoms with Crippen LogP contribution in [0.3, 0.4) is 0 Å². The minimum Gasteiger partial charge on any atom is -0.456 e. The minimum atomic E-state index is 0.882. The molecule has 0 unspecified atom stereocenters. The van der Waals surface area contributed by atoms with Gasteiger partial charge in [-0.05, 0) is 87.5 Å². The number of fused-ring (bicyclic) bond motifs is 1. The molecule has 0 spiro atoms. The van der Waals surface area contributed by atoms with Gasteiger partial charge in [0.25, 0.3) is 0 Å². The molecule has 0 bridgehead atoms. The van der Waals surface area contributed by atoms with Crippen molar-refractivity contribution in [2.45, 2.75) is 0 Å². The Kier molecular flexibility index (Phi) is 8.24. The molecule has 0 saturated heterocycles. The molecule has 0 N–H and O–H groups in total. The van der Waals surface area contributed by atoms with Crippen molar-refractivity contribution in [3.05, 3.63) is 212 Å². The van der Waals surface area contributed by atoms with E-state index < -0.39 is 0 Å². The van der Waals surface area contributed by atoms with E-state index in [1.54, 1.807) is 0 Å². The van der Waals surface area contributed by atoms with Gasteiger partial charge in [-0.3, -0.25) is 0 Å². The standard InChI is InChI=1S/C50H35NO/c1-3-12-36(13-4-1)38-26-30-45(31-27-38)51(48-20-9-8-19-47(48)41-14-5-2-6-15-41)46-32-28-39(29-33-46)37-22-24-40(25-23-37)42-17-11-18-43(34-42)50-35-44-16-7-10-21-49(44)52-50/h1-35H. The quantitative estimate of drug-likeness (QED) is 0.161. The molecule has 2 heteroatoms. The van der Waals surface area contributed by atoms with Crippen LogP contribution in [0, 0.1) is 0 Å². The fourth-order valence-electron chi connectivity index (χ4n) is 7.03. The van der Waals surface area contributed by atoms with Crippen LogP contribution in [0.15, 0.2) is 217 Å². The molecular formula is C50H35NO. The third kappa shape index (κ3) is 6.19. The summed E-state index contributed by atoms with van der Waals surface area (Å²) >= 11 is 0. The fraction of sp³-hybridized carbons (Fsp3) is 0. The lowest BCUT2D eigenvalue weighted by atomic mass is 9.98. The molecule has 1 heterocycles. The Balaban J connectivity index is 1.03. The zero-order valence-electron chi connectivity index (χ0n) is 28.6. The van der Waals surface area contributed by atoms with E-state index >= 15 is 0 Å².